The second kappa shape index (κ2) is 5.26. The number of likely N-dealkylation sites (N-methyl/N-ethyl adjacent to an activating group) is 1. The maximum Gasteiger partial charge on any atom is 0.178 e. The van der Waals surface area contributed by atoms with Gasteiger partial charge in [-0.15, -0.1) is 15.3 Å². The fourth-order valence-electron chi connectivity index (χ4n) is 2.98. The first-order valence-electron chi connectivity index (χ1n) is 7.94. The maximum atomic E-state index is 5.75. The standard InChI is InChI=1S/C15H21N5O/c1-2-19(10-12-4-3-9-21-12)14-8-7-13-16-17-15(11-5-6-11)20(13)18-14/h7-8,11-12H,2-6,9-10H2,1H3. The van der Waals surface area contributed by atoms with Crippen LogP contribution in [0, 0.1) is 0 Å². The minimum atomic E-state index is 0.339. The molecule has 6 nitrogen and oxygen atoms in total. The van der Waals surface area contributed by atoms with E-state index in [1.807, 2.05) is 16.6 Å². The Morgan fingerprint density at radius 1 is 1.29 bits per heavy atom. The van der Waals surface area contributed by atoms with Crippen LogP contribution in [-0.2, 0) is 4.74 Å². The highest BCUT2D eigenvalue weighted by Crippen LogP contribution is 2.38. The molecule has 2 aromatic heterocycles. The largest absolute Gasteiger partial charge is 0.376 e. The van der Waals surface area contributed by atoms with Crippen LogP contribution in [0.1, 0.15) is 44.3 Å². The van der Waals surface area contributed by atoms with Gasteiger partial charge in [0, 0.05) is 25.6 Å². The van der Waals surface area contributed by atoms with Gasteiger partial charge in [-0.1, -0.05) is 0 Å². The third-order valence-corrected chi connectivity index (χ3v) is 4.37. The topological polar surface area (TPSA) is 55.5 Å². The third kappa shape index (κ3) is 2.48. The van der Waals surface area contributed by atoms with Gasteiger partial charge in [0.05, 0.1) is 6.10 Å². The summed E-state index contributed by atoms with van der Waals surface area (Å²) < 4.78 is 7.67. The highest BCUT2D eigenvalue weighted by atomic mass is 16.5. The monoisotopic (exact) mass is 287 g/mol. The van der Waals surface area contributed by atoms with E-state index in [2.05, 4.69) is 22.0 Å². The number of anilines is 1. The molecule has 1 unspecified atom stereocenters. The second-order valence-corrected chi connectivity index (χ2v) is 5.97. The Morgan fingerprint density at radius 2 is 2.19 bits per heavy atom. The summed E-state index contributed by atoms with van der Waals surface area (Å²) >= 11 is 0. The molecule has 1 aliphatic heterocycles. The van der Waals surface area contributed by atoms with E-state index < -0.39 is 0 Å². The number of hydrogen-bond acceptors (Lipinski definition) is 5. The van der Waals surface area contributed by atoms with Crippen molar-refractivity contribution in [3.8, 4) is 0 Å². The van der Waals surface area contributed by atoms with Crippen molar-refractivity contribution in [2.75, 3.05) is 24.6 Å². The van der Waals surface area contributed by atoms with Gasteiger partial charge in [0.2, 0.25) is 0 Å². The molecule has 2 aromatic rings. The highest BCUT2D eigenvalue weighted by molar-refractivity contribution is 5.46. The van der Waals surface area contributed by atoms with Gasteiger partial charge < -0.3 is 9.64 Å². The molecule has 2 aliphatic rings. The minimum Gasteiger partial charge on any atom is -0.376 e. The van der Waals surface area contributed by atoms with Crippen molar-refractivity contribution in [3.63, 3.8) is 0 Å². The summed E-state index contributed by atoms with van der Waals surface area (Å²) in [7, 11) is 0. The molecule has 0 spiro atoms. The van der Waals surface area contributed by atoms with E-state index >= 15 is 0 Å². The van der Waals surface area contributed by atoms with Gasteiger partial charge >= 0.3 is 0 Å². The van der Waals surface area contributed by atoms with E-state index in [0.29, 0.717) is 12.0 Å². The Labute approximate surface area is 124 Å². The SMILES string of the molecule is CCN(CC1CCCO1)c1ccc2nnc(C3CC3)n2n1. The molecule has 0 amide bonds. The fourth-order valence-corrected chi connectivity index (χ4v) is 2.98. The van der Waals surface area contributed by atoms with Crippen LogP contribution >= 0.6 is 0 Å². The van der Waals surface area contributed by atoms with Gasteiger partial charge in [-0.3, -0.25) is 0 Å². The van der Waals surface area contributed by atoms with Crippen molar-refractivity contribution in [3.05, 3.63) is 18.0 Å². The Balaban J connectivity index is 1.62. The molecular formula is C15H21N5O. The van der Waals surface area contributed by atoms with E-state index in [1.165, 1.54) is 19.3 Å². The number of rotatable bonds is 5. The van der Waals surface area contributed by atoms with Crippen LogP contribution in [0.25, 0.3) is 5.65 Å². The van der Waals surface area contributed by atoms with Gasteiger partial charge in [0.1, 0.15) is 5.82 Å². The molecule has 2 fully saturated rings. The Morgan fingerprint density at radius 3 is 2.90 bits per heavy atom. The second-order valence-electron chi connectivity index (χ2n) is 5.97. The lowest BCUT2D eigenvalue weighted by molar-refractivity contribution is 0.115. The average Bonchev–Trinajstić information content (AvgIpc) is 3.07. The minimum absolute atomic E-state index is 0.339. The summed E-state index contributed by atoms with van der Waals surface area (Å²) in [4.78, 5) is 2.28. The molecule has 1 saturated heterocycles. The molecule has 1 atom stereocenters. The Hall–Kier alpha value is -1.69. The highest BCUT2D eigenvalue weighted by Gasteiger charge is 2.29. The van der Waals surface area contributed by atoms with E-state index in [1.54, 1.807) is 0 Å². The number of hydrogen-bond donors (Lipinski definition) is 0. The molecule has 3 heterocycles. The van der Waals surface area contributed by atoms with E-state index in [9.17, 15) is 0 Å². The average molecular weight is 287 g/mol. The van der Waals surface area contributed by atoms with Gasteiger partial charge in [-0.05, 0) is 44.7 Å². The lowest BCUT2D eigenvalue weighted by Gasteiger charge is -2.24. The first-order chi connectivity index (χ1) is 10.3. The van der Waals surface area contributed by atoms with Crippen molar-refractivity contribution in [1.29, 1.82) is 0 Å². The zero-order valence-electron chi connectivity index (χ0n) is 12.4. The van der Waals surface area contributed by atoms with Crippen LogP contribution in [0.15, 0.2) is 12.1 Å². The third-order valence-electron chi connectivity index (χ3n) is 4.37. The molecule has 0 bridgehead atoms. The number of ether oxygens (including phenoxy) is 1. The first kappa shape index (κ1) is 13.0. The fraction of sp³-hybridized carbons (Fsp3) is 0.667. The van der Waals surface area contributed by atoms with E-state index in [-0.39, 0.29) is 0 Å². The first-order valence-corrected chi connectivity index (χ1v) is 7.94. The summed E-state index contributed by atoms with van der Waals surface area (Å²) in [5.41, 5.74) is 0.841. The predicted molar refractivity (Wildman–Crippen MR) is 79.6 cm³/mol. The lowest BCUT2D eigenvalue weighted by atomic mass is 10.2. The summed E-state index contributed by atoms with van der Waals surface area (Å²) in [6.07, 6.45) is 5.08. The lowest BCUT2D eigenvalue weighted by Crippen LogP contribution is -2.33. The number of aromatic nitrogens is 4. The quantitative estimate of drug-likeness (QED) is 0.842. The van der Waals surface area contributed by atoms with E-state index in [0.717, 1.165) is 43.4 Å². The van der Waals surface area contributed by atoms with Gasteiger partial charge in [-0.2, -0.15) is 4.52 Å². The molecule has 0 radical (unpaired) electrons. The number of fused-ring (bicyclic) bond motifs is 1. The summed E-state index contributed by atoms with van der Waals surface area (Å²) in [6.45, 7) is 4.90. The van der Waals surface area contributed by atoms with Crippen molar-refractivity contribution < 1.29 is 4.74 Å². The number of nitrogens with zero attached hydrogens (tertiary/aromatic N) is 5. The summed E-state index contributed by atoms with van der Waals surface area (Å²) in [6, 6.07) is 4.05. The van der Waals surface area contributed by atoms with Crippen LogP contribution in [0.3, 0.4) is 0 Å². The molecule has 4 rings (SSSR count). The normalized spacial score (nSPS) is 22.0. The van der Waals surface area contributed by atoms with Gasteiger partial charge in [0.25, 0.3) is 0 Å². The smallest absolute Gasteiger partial charge is 0.178 e. The van der Waals surface area contributed by atoms with Crippen molar-refractivity contribution >= 4 is 11.5 Å². The van der Waals surface area contributed by atoms with Crippen LogP contribution in [-0.4, -0.2) is 45.6 Å². The predicted octanol–water partition coefficient (Wildman–Crippen LogP) is 2.01. The van der Waals surface area contributed by atoms with Crippen molar-refractivity contribution in [2.45, 2.75) is 44.6 Å². The molecular weight excluding hydrogens is 266 g/mol. The van der Waals surface area contributed by atoms with Gasteiger partial charge in [-0.25, -0.2) is 0 Å². The Kier molecular flexibility index (Phi) is 3.25. The molecule has 0 N–H and O–H groups in total. The van der Waals surface area contributed by atoms with Crippen LogP contribution in [0.4, 0.5) is 5.82 Å². The van der Waals surface area contributed by atoms with Crippen LogP contribution in [0.2, 0.25) is 0 Å². The maximum absolute atomic E-state index is 5.75. The van der Waals surface area contributed by atoms with Crippen LogP contribution < -0.4 is 4.90 Å². The molecule has 112 valence electrons. The summed E-state index contributed by atoms with van der Waals surface area (Å²) in [5, 5.41) is 13.3. The zero-order chi connectivity index (χ0) is 14.2. The molecule has 6 heteroatoms. The van der Waals surface area contributed by atoms with Gasteiger partial charge in [0.15, 0.2) is 11.5 Å². The van der Waals surface area contributed by atoms with Crippen molar-refractivity contribution in [2.24, 2.45) is 0 Å². The molecule has 21 heavy (non-hydrogen) atoms. The van der Waals surface area contributed by atoms with Crippen LogP contribution in [0.5, 0.6) is 0 Å². The van der Waals surface area contributed by atoms with Crippen molar-refractivity contribution in [1.82, 2.24) is 19.8 Å². The zero-order valence-corrected chi connectivity index (χ0v) is 12.4. The molecule has 0 aromatic carbocycles. The Bertz CT molecular complexity index is 630. The van der Waals surface area contributed by atoms with E-state index in [4.69, 9.17) is 9.84 Å². The summed E-state index contributed by atoms with van der Waals surface area (Å²) in [5.74, 6) is 2.55. The molecule has 1 saturated carbocycles. The molecule has 1 aliphatic carbocycles.